The number of hydrogen-bond acceptors (Lipinski definition) is 1. The third kappa shape index (κ3) is 8.49. The topological polar surface area (TPSA) is 9.23 Å². The summed E-state index contributed by atoms with van der Waals surface area (Å²) in [4.78, 5) is 0. The van der Waals surface area contributed by atoms with Crippen LogP contribution in [0.2, 0.25) is 0 Å². The monoisotopic (exact) mass is 222 g/mol. The molecule has 0 atom stereocenters. The van der Waals surface area contributed by atoms with E-state index in [0.717, 1.165) is 0 Å². The average molecular weight is 222 g/mol. The standard InChI is InChI=1S/C9H12.C6H14O/c1-7-4-8(2)6-9(3)5-7;1-5(2)7-6(3)4/h4-6H,1-3H3;5-6H,1-4H3. The molecule has 1 heteroatoms. The van der Waals surface area contributed by atoms with E-state index in [2.05, 4.69) is 39.0 Å². The summed E-state index contributed by atoms with van der Waals surface area (Å²) in [6, 6.07) is 6.56. The third-order valence-corrected chi connectivity index (χ3v) is 1.91. The Morgan fingerprint density at radius 3 is 1.06 bits per heavy atom. The predicted molar refractivity (Wildman–Crippen MR) is 72.0 cm³/mol. The minimum absolute atomic E-state index is 0.375. The Morgan fingerprint density at radius 1 is 0.688 bits per heavy atom. The summed E-state index contributed by atoms with van der Waals surface area (Å²) in [6.45, 7) is 14.5. The van der Waals surface area contributed by atoms with Gasteiger partial charge in [-0.3, -0.25) is 0 Å². The van der Waals surface area contributed by atoms with Crippen molar-refractivity contribution in [3.8, 4) is 0 Å². The molecule has 0 aliphatic rings. The second-order valence-electron chi connectivity index (χ2n) is 4.90. The Labute approximate surface area is 101 Å². The highest BCUT2D eigenvalue weighted by Crippen LogP contribution is 2.06. The van der Waals surface area contributed by atoms with Gasteiger partial charge in [-0.1, -0.05) is 34.9 Å². The molecule has 0 aromatic heterocycles. The van der Waals surface area contributed by atoms with Gasteiger partial charge in [0.25, 0.3) is 0 Å². The Kier molecular flexibility index (Phi) is 7.07. The molecule has 0 N–H and O–H groups in total. The Hall–Kier alpha value is -0.820. The van der Waals surface area contributed by atoms with Crippen LogP contribution in [0.1, 0.15) is 44.4 Å². The zero-order valence-corrected chi connectivity index (χ0v) is 11.8. The molecule has 1 aromatic rings. The normalized spacial score (nSPS) is 10.3. The van der Waals surface area contributed by atoms with Gasteiger partial charge in [-0.05, 0) is 48.5 Å². The highest BCUT2D eigenvalue weighted by molar-refractivity contribution is 5.27. The van der Waals surface area contributed by atoms with E-state index in [1.807, 2.05) is 27.7 Å². The van der Waals surface area contributed by atoms with Crippen molar-refractivity contribution in [1.82, 2.24) is 0 Å². The van der Waals surface area contributed by atoms with E-state index < -0.39 is 0 Å². The van der Waals surface area contributed by atoms with E-state index in [1.54, 1.807) is 0 Å². The first-order chi connectivity index (χ1) is 7.31. The molecule has 0 bridgehead atoms. The van der Waals surface area contributed by atoms with Gasteiger partial charge >= 0.3 is 0 Å². The van der Waals surface area contributed by atoms with Gasteiger partial charge in [0.15, 0.2) is 0 Å². The lowest BCUT2D eigenvalue weighted by atomic mass is 10.1. The van der Waals surface area contributed by atoms with Gasteiger partial charge in [0, 0.05) is 0 Å². The fourth-order valence-corrected chi connectivity index (χ4v) is 1.75. The predicted octanol–water partition coefficient (Wildman–Crippen LogP) is 4.43. The van der Waals surface area contributed by atoms with Crippen molar-refractivity contribution in [1.29, 1.82) is 0 Å². The smallest absolute Gasteiger partial charge is 0.0522 e. The Balaban J connectivity index is 0.000000293. The van der Waals surface area contributed by atoms with Gasteiger partial charge in [0.1, 0.15) is 0 Å². The molecule has 0 saturated carbocycles. The summed E-state index contributed by atoms with van der Waals surface area (Å²) in [6.07, 6.45) is 0.750. The van der Waals surface area contributed by atoms with Crippen molar-refractivity contribution in [2.45, 2.75) is 60.7 Å². The molecule has 1 nitrogen and oxygen atoms in total. The van der Waals surface area contributed by atoms with Crippen LogP contribution < -0.4 is 0 Å². The molecule has 0 amide bonds. The largest absolute Gasteiger partial charge is 0.376 e. The van der Waals surface area contributed by atoms with E-state index in [4.69, 9.17) is 4.74 Å². The van der Waals surface area contributed by atoms with Crippen LogP contribution in [0.4, 0.5) is 0 Å². The van der Waals surface area contributed by atoms with Crippen LogP contribution in [0.5, 0.6) is 0 Å². The molecular weight excluding hydrogens is 196 g/mol. The molecule has 1 aromatic carbocycles. The van der Waals surface area contributed by atoms with Crippen molar-refractivity contribution in [2.75, 3.05) is 0 Å². The second kappa shape index (κ2) is 7.45. The first-order valence-electron chi connectivity index (χ1n) is 6.01. The number of aryl methyl sites for hydroxylation is 3. The van der Waals surface area contributed by atoms with Crippen molar-refractivity contribution in [3.63, 3.8) is 0 Å². The van der Waals surface area contributed by atoms with Crippen LogP contribution >= 0.6 is 0 Å². The van der Waals surface area contributed by atoms with Gasteiger partial charge in [-0.2, -0.15) is 0 Å². The summed E-state index contributed by atoms with van der Waals surface area (Å²) in [7, 11) is 0. The maximum Gasteiger partial charge on any atom is 0.0522 e. The van der Waals surface area contributed by atoms with E-state index >= 15 is 0 Å². The maximum atomic E-state index is 5.25. The van der Waals surface area contributed by atoms with E-state index in [0.29, 0.717) is 12.2 Å². The van der Waals surface area contributed by atoms with Crippen LogP contribution in [0.15, 0.2) is 18.2 Å². The van der Waals surface area contributed by atoms with Gasteiger partial charge in [-0.25, -0.2) is 0 Å². The molecule has 0 heterocycles. The van der Waals surface area contributed by atoms with Crippen LogP contribution in [-0.2, 0) is 4.74 Å². The Bertz CT molecular complexity index is 244. The molecule has 0 saturated heterocycles. The van der Waals surface area contributed by atoms with Gasteiger partial charge in [-0.15, -0.1) is 0 Å². The van der Waals surface area contributed by atoms with E-state index in [9.17, 15) is 0 Å². The molecule has 0 radical (unpaired) electrons. The lowest BCUT2D eigenvalue weighted by Gasteiger charge is -2.09. The van der Waals surface area contributed by atoms with Gasteiger partial charge in [0.2, 0.25) is 0 Å². The van der Waals surface area contributed by atoms with Crippen molar-refractivity contribution in [2.24, 2.45) is 0 Å². The highest BCUT2D eigenvalue weighted by Gasteiger charge is 1.94. The fraction of sp³-hybridized carbons (Fsp3) is 0.600. The van der Waals surface area contributed by atoms with Crippen LogP contribution in [-0.4, -0.2) is 12.2 Å². The zero-order chi connectivity index (χ0) is 12.7. The summed E-state index contributed by atoms with van der Waals surface area (Å²) >= 11 is 0. The molecule has 0 aliphatic heterocycles. The van der Waals surface area contributed by atoms with Crippen molar-refractivity contribution >= 4 is 0 Å². The highest BCUT2D eigenvalue weighted by atomic mass is 16.5. The summed E-state index contributed by atoms with van der Waals surface area (Å²) < 4.78 is 5.25. The van der Waals surface area contributed by atoms with Crippen LogP contribution in [0.3, 0.4) is 0 Å². The molecule has 16 heavy (non-hydrogen) atoms. The summed E-state index contributed by atoms with van der Waals surface area (Å²) in [5.74, 6) is 0. The van der Waals surface area contributed by atoms with E-state index in [1.165, 1.54) is 16.7 Å². The molecule has 1 rings (SSSR count). The molecule has 0 spiro atoms. The molecule has 92 valence electrons. The van der Waals surface area contributed by atoms with Gasteiger partial charge in [0.05, 0.1) is 12.2 Å². The second-order valence-corrected chi connectivity index (χ2v) is 4.90. The first-order valence-corrected chi connectivity index (χ1v) is 6.01. The van der Waals surface area contributed by atoms with Crippen LogP contribution in [0, 0.1) is 20.8 Å². The third-order valence-electron chi connectivity index (χ3n) is 1.91. The zero-order valence-electron chi connectivity index (χ0n) is 11.8. The maximum absolute atomic E-state index is 5.25. The molecule has 0 aliphatic carbocycles. The van der Waals surface area contributed by atoms with Crippen molar-refractivity contribution < 1.29 is 4.74 Å². The minimum Gasteiger partial charge on any atom is -0.376 e. The summed E-state index contributed by atoms with van der Waals surface area (Å²) in [5, 5.41) is 0. The fourth-order valence-electron chi connectivity index (χ4n) is 1.75. The van der Waals surface area contributed by atoms with Gasteiger partial charge < -0.3 is 4.74 Å². The van der Waals surface area contributed by atoms with E-state index in [-0.39, 0.29) is 0 Å². The average Bonchev–Trinajstić information content (AvgIpc) is 1.97. The molecule has 0 fully saturated rings. The number of benzene rings is 1. The Morgan fingerprint density at radius 2 is 0.938 bits per heavy atom. The lowest BCUT2D eigenvalue weighted by Crippen LogP contribution is -2.09. The quantitative estimate of drug-likeness (QED) is 0.719. The number of hydrogen-bond donors (Lipinski definition) is 0. The number of rotatable bonds is 2. The van der Waals surface area contributed by atoms with Crippen molar-refractivity contribution in [3.05, 3.63) is 34.9 Å². The SMILES string of the molecule is CC(C)OC(C)C.Cc1cc(C)cc(C)c1. The van der Waals surface area contributed by atoms with Crippen LogP contribution in [0.25, 0.3) is 0 Å². The number of ether oxygens (including phenoxy) is 1. The molecule has 0 unspecified atom stereocenters. The lowest BCUT2D eigenvalue weighted by molar-refractivity contribution is 0.0300. The molecular formula is C15H26O. The minimum atomic E-state index is 0.375. The first kappa shape index (κ1) is 15.2. The summed E-state index contributed by atoms with van der Waals surface area (Å²) in [5.41, 5.74) is 4.06.